The molecule has 0 heterocycles. The number of hydrogen-bond acceptors (Lipinski definition) is 1. The molecule has 1 nitrogen and oxygen atoms in total. The summed E-state index contributed by atoms with van der Waals surface area (Å²) in [4.78, 5) is 0. The van der Waals surface area contributed by atoms with Gasteiger partial charge in [0, 0.05) is 6.04 Å². The molecule has 0 aliphatic heterocycles. The molecule has 1 aromatic rings. The molecule has 1 heteroatoms. The Balaban J connectivity index is 1.63. The zero-order chi connectivity index (χ0) is 12.3. The summed E-state index contributed by atoms with van der Waals surface area (Å²) < 4.78 is 0. The Kier molecular flexibility index (Phi) is 3.88. The average Bonchev–Trinajstić information content (AvgIpc) is 2.93. The lowest BCUT2D eigenvalue weighted by Gasteiger charge is -2.14. The SMILES string of the molecule is CC(CCc1ccccc1)NCC1CC1(C)C. The summed E-state index contributed by atoms with van der Waals surface area (Å²) >= 11 is 0. The van der Waals surface area contributed by atoms with Gasteiger partial charge in [-0.25, -0.2) is 0 Å². The summed E-state index contributed by atoms with van der Waals surface area (Å²) in [5.41, 5.74) is 2.06. The quantitative estimate of drug-likeness (QED) is 0.788. The van der Waals surface area contributed by atoms with Crippen LogP contribution in [-0.2, 0) is 6.42 Å². The van der Waals surface area contributed by atoms with Crippen molar-refractivity contribution < 1.29 is 0 Å². The Bertz CT molecular complexity index is 342. The van der Waals surface area contributed by atoms with Crippen molar-refractivity contribution in [1.82, 2.24) is 5.32 Å². The molecule has 1 aliphatic rings. The van der Waals surface area contributed by atoms with Gasteiger partial charge in [-0.15, -0.1) is 0 Å². The Hall–Kier alpha value is -0.820. The highest BCUT2D eigenvalue weighted by molar-refractivity contribution is 5.14. The maximum atomic E-state index is 3.67. The van der Waals surface area contributed by atoms with Crippen molar-refractivity contribution in [2.75, 3.05) is 6.54 Å². The fourth-order valence-electron chi connectivity index (χ4n) is 2.40. The molecular weight excluding hydrogens is 206 g/mol. The van der Waals surface area contributed by atoms with Crippen molar-refractivity contribution in [2.24, 2.45) is 11.3 Å². The van der Waals surface area contributed by atoms with Crippen LogP contribution in [0, 0.1) is 11.3 Å². The van der Waals surface area contributed by atoms with Crippen molar-refractivity contribution in [1.29, 1.82) is 0 Å². The summed E-state index contributed by atoms with van der Waals surface area (Å²) in [6, 6.07) is 11.4. The largest absolute Gasteiger partial charge is 0.314 e. The topological polar surface area (TPSA) is 12.0 Å². The summed E-state index contributed by atoms with van der Waals surface area (Å²) in [5.74, 6) is 0.904. The second-order valence-electron chi connectivity index (χ2n) is 6.22. The van der Waals surface area contributed by atoms with Gasteiger partial charge >= 0.3 is 0 Å². The highest BCUT2D eigenvalue weighted by Gasteiger charge is 2.44. The van der Waals surface area contributed by atoms with E-state index in [2.05, 4.69) is 56.4 Å². The second-order valence-corrected chi connectivity index (χ2v) is 6.22. The molecule has 1 fully saturated rings. The second kappa shape index (κ2) is 5.22. The zero-order valence-corrected chi connectivity index (χ0v) is 11.4. The normalized spacial score (nSPS) is 23.4. The summed E-state index contributed by atoms with van der Waals surface area (Å²) in [5, 5.41) is 3.67. The predicted molar refractivity (Wildman–Crippen MR) is 74.1 cm³/mol. The Morgan fingerprint density at radius 1 is 1.29 bits per heavy atom. The van der Waals surface area contributed by atoms with Crippen molar-refractivity contribution >= 4 is 0 Å². The van der Waals surface area contributed by atoms with E-state index in [-0.39, 0.29) is 0 Å². The summed E-state index contributed by atoms with van der Waals surface area (Å²) in [6.45, 7) is 8.24. The molecule has 0 bridgehead atoms. The van der Waals surface area contributed by atoms with E-state index in [9.17, 15) is 0 Å². The number of nitrogens with one attached hydrogen (secondary N) is 1. The van der Waals surface area contributed by atoms with E-state index < -0.39 is 0 Å². The molecule has 0 saturated heterocycles. The van der Waals surface area contributed by atoms with E-state index >= 15 is 0 Å². The van der Waals surface area contributed by atoms with Crippen LogP contribution in [0.25, 0.3) is 0 Å². The molecule has 94 valence electrons. The van der Waals surface area contributed by atoms with Gasteiger partial charge in [0.05, 0.1) is 0 Å². The Morgan fingerprint density at radius 2 is 1.94 bits per heavy atom. The van der Waals surface area contributed by atoms with Gasteiger partial charge < -0.3 is 5.32 Å². The van der Waals surface area contributed by atoms with Crippen LogP contribution in [0.1, 0.15) is 39.2 Å². The van der Waals surface area contributed by atoms with Crippen LogP contribution >= 0.6 is 0 Å². The first-order chi connectivity index (χ1) is 8.08. The van der Waals surface area contributed by atoms with Crippen LogP contribution in [-0.4, -0.2) is 12.6 Å². The molecule has 2 atom stereocenters. The predicted octanol–water partition coefficient (Wildman–Crippen LogP) is 3.64. The summed E-state index contributed by atoms with van der Waals surface area (Å²) in [6.07, 6.45) is 3.81. The van der Waals surface area contributed by atoms with Gasteiger partial charge in [-0.1, -0.05) is 44.2 Å². The van der Waals surface area contributed by atoms with Crippen molar-refractivity contribution in [3.8, 4) is 0 Å². The van der Waals surface area contributed by atoms with Gasteiger partial charge in [0.2, 0.25) is 0 Å². The van der Waals surface area contributed by atoms with Crippen LogP contribution in [0.2, 0.25) is 0 Å². The van der Waals surface area contributed by atoms with Crippen molar-refractivity contribution in [2.45, 2.75) is 46.1 Å². The van der Waals surface area contributed by atoms with Crippen LogP contribution in [0.4, 0.5) is 0 Å². The Labute approximate surface area is 106 Å². The van der Waals surface area contributed by atoms with Crippen LogP contribution in [0.5, 0.6) is 0 Å². The molecule has 0 radical (unpaired) electrons. The van der Waals surface area contributed by atoms with Crippen molar-refractivity contribution in [3.63, 3.8) is 0 Å². The van der Waals surface area contributed by atoms with E-state index in [0.717, 1.165) is 5.92 Å². The van der Waals surface area contributed by atoms with Gasteiger partial charge in [-0.3, -0.25) is 0 Å². The minimum atomic E-state index is 0.603. The molecule has 0 spiro atoms. The highest BCUT2D eigenvalue weighted by atomic mass is 14.9. The molecule has 2 unspecified atom stereocenters. The van der Waals surface area contributed by atoms with Gasteiger partial charge in [0.25, 0.3) is 0 Å². The summed E-state index contributed by atoms with van der Waals surface area (Å²) in [7, 11) is 0. The minimum Gasteiger partial charge on any atom is -0.314 e. The molecular formula is C16H25N. The average molecular weight is 231 g/mol. The van der Waals surface area contributed by atoms with Gasteiger partial charge in [-0.2, -0.15) is 0 Å². The maximum Gasteiger partial charge on any atom is 0.00420 e. The highest BCUT2D eigenvalue weighted by Crippen LogP contribution is 2.51. The fraction of sp³-hybridized carbons (Fsp3) is 0.625. The van der Waals surface area contributed by atoms with Crippen LogP contribution in [0.15, 0.2) is 30.3 Å². The lowest BCUT2D eigenvalue weighted by atomic mass is 10.1. The first-order valence-electron chi connectivity index (χ1n) is 6.85. The minimum absolute atomic E-state index is 0.603. The lowest BCUT2D eigenvalue weighted by Crippen LogP contribution is -2.29. The number of aryl methyl sites for hydroxylation is 1. The molecule has 0 aromatic heterocycles. The lowest BCUT2D eigenvalue weighted by molar-refractivity contribution is 0.460. The van der Waals surface area contributed by atoms with Crippen molar-refractivity contribution in [3.05, 3.63) is 35.9 Å². The third-order valence-corrected chi connectivity index (χ3v) is 4.14. The third-order valence-electron chi connectivity index (χ3n) is 4.14. The van der Waals surface area contributed by atoms with E-state index in [0.29, 0.717) is 11.5 Å². The molecule has 1 aromatic carbocycles. The molecule has 1 N–H and O–H groups in total. The zero-order valence-electron chi connectivity index (χ0n) is 11.4. The molecule has 1 aliphatic carbocycles. The maximum absolute atomic E-state index is 3.67. The number of rotatable bonds is 6. The van der Waals surface area contributed by atoms with Gasteiger partial charge in [0.15, 0.2) is 0 Å². The smallest absolute Gasteiger partial charge is 0.00420 e. The van der Waals surface area contributed by atoms with Crippen LogP contribution < -0.4 is 5.32 Å². The van der Waals surface area contributed by atoms with E-state index in [1.807, 2.05) is 0 Å². The van der Waals surface area contributed by atoms with E-state index in [1.54, 1.807) is 0 Å². The standard InChI is InChI=1S/C16H25N/c1-13(17-12-15-11-16(15,2)3)9-10-14-7-5-4-6-8-14/h4-8,13,15,17H,9-12H2,1-3H3. The monoisotopic (exact) mass is 231 g/mol. The van der Waals surface area contributed by atoms with Gasteiger partial charge in [-0.05, 0) is 49.6 Å². The third kappa shape index (κ3) is 3.85. The van der Waals surface area contributed by atoms with Gasteiger partial charge in [0.1, 0.15) is 0 Å². The molecule has 17 heavy (non-hydrogen) atoms. The Morgan fingerprint density at radius 3 is 2.53 bits per heavy atom. The van der Waals surface area contributed by atoms with Crippen LogP contribution in [0.3, 0.4) is 0 Å². The first kappa shape index (κ1) is 12.6. The number of benzene rings is 1. The first-order valence-corrected chi connectivity index (χ1v) is 6.85. The molecule has 2 rings (SSSR count). The molecule has 0 amide bonds. The fourth-order valence-corrected chi connectivity index (χ4v) is 2.40. The number of hydrogen-bond donors (Lipinski definition) is 1. The van der Waals surface area contributed by atoms with E-state index in [4.69, 9.17) is 0 Å². The van der Waals surface area contributed by atoms with E-state index in [1.165, 1.54) is 31.4 Å². The molecule has 1 saturated carbocycles.